The molecule has 0 saturated carbocycles. The predicted molar refractivity (Wildman–Crippen MR) is 133 cm³/mol. The van der Waals surface area contributed by atoms with Crippen molar-refractivity contribution in [2.45, 2.75) is 25.7 Å². The molecule has 7 nitrogen and oxygen atoms in total. The van der Waals surface area contributed by atoms with Crippen molar-refractivity contribution in [3.8, 4) is 0 Å². The zero-order valence-electron chi connectivity index (χ0n) is 19.0. The fraction of sp³-hybridized carbons (Fsp3) is 0.200. The summed E-state index contributed by atoms with van der Waals surface area (Å²) in [5, 5.41) is 2.76. The molecule has 0 aromatic heterocycles. The molecule has 3 aromatic carbocycles. The van der Waals surface area contributed by atoms with Gasteiger partial charge in [-0.3, -0.25) is 9.10 Å². The van der Waals surface area contributed by atoms with Crippen LogP contribution in [0.5, 0.6) is 0 Å². The minimum Gasteiger partial charge on any atom is -0.462 e. The Kier molecular flexibility index (Phi) is 7.96. The Morgan fingerprint density at radius 2 is 1.71 bits per heavy atom. The van der Waals surface area contributed by atoms with E-state index in [0.717, 1.165) is 9.87 Å². The van der Waals surface area contributed by atoms with Gasteiger partial charge < -0.3 is 10.1 Å². The van der Waals surface area contributed by atoms with Crippen molar-refractivity contribution >= 4 is 44.9 Å². The molecule has 1 amide bonds. The Balaban J connectivity index is 1.92. The molecule has 34 heavy (non-hydrogen) atoms. The predicted octanol–water partition coefficient (Wildman–Crippen LogP) is 4.97. The lowest BCUT2D eigenvalue weighted by molar-refractivity contribution is -0.114. The number of carbonyl (C=O) groups excluding carboxylic acids is 2. The van der Waals surface area contributed by atoms with E-state index in [2.05, 4.69) is 5.32 Å². The average Bonchev–Trinajstić information content (AvgIpc) is 2.81. The highest BCUT2D eigenvalue weighted by atomic mass is 35.5. The van der Waals surface area contributed by atoms with Gasteiger partial charge in [0.05, 0.1) is 33.5 Å². The molecule has 0 radical (unpaired) electrons. The highest BCUT2D eigenvalue weighted by Gasteiger charge is 2.28. The molecule has 0 atom stereocenters. The number of amides is 1. The molecular formula is C25H25ClN2O5S. The summed E-state index contributed by atoms with van der Waals surface area (Å²) in [5.74, 6) is -1.12. The van der Waals surface area contributed by atoms with Crippen LogP contribution in [0.15, 0.2) is 71.6 Å². The van der Waals surface area contributed by atoms with E-state index in [9.17, 15) is 18.0 Å². The van der Waals surface area contributed by atoms with E-state index < -0.39 is 28.4 Å². The first-order chi connectivity index (χ1) is 16.1. The van der Waals surface area contributed by atoms with E-state index in [0.29, 0.717) is 11.3 Å². The second kappa shape index (κ2) is 10.7. The van der Waals surface area contributed by atoms with Gasteiger partial charge in [0.2, 0.25) is 5.91 Å². The molecule has 0 aliphatic carbocycles. The maximum absolute atomic E-state index is 13.5. The number of ether oxygens (including phenoxy) is 1. The number of anilines is 2. The number of nitrogens with zero attached hydrogens (tertiary/aromatic N) is 1. The highest BCUT2D eigenvalue weighted by molar-refractivity contribution is 7.92. The summed E-state index contributed by atoms with van der Waals surface area (Å²) in [6.07, 6.45) is 0. The number of rotatable bonds is 8. The molecule has 0 aliphatic heterocycles. The van der Waals surface area contributed by atoms with Gasteiger partial charge in [0.15, 0.2) is 0 Å². The molecule has 0 spiro atoms. The molecule has 0 saturated heterocycles. The van der Waals surface area contributed by atoms with Crippen molar-refractivity contribution < 1.29 is 22.7 Å². The van der Waals surface area contributed by atoms with Crippen LogP contribution in [0, 0.1) is 13.8 Å². The van der Waals surface area contributed by atoms with Gasteiger partial charge in [-0.2, -0.15) is 0 Å². The normalized spacial score (nSPS) is 11.1. The van der Waals surface area contributed by atoms with E-state index >= 15 is 0 Å². The van der Waals surface area contributed by atoms with Crippen LogP contribution in [-0.4, -0.2) is 33.4 Å². The van der Waals surface area contributed by atoms with Crippen LogP contribution in [-0.2, 0) is 19.6 Å². The Labute approximate surface area is 204 Å². The summed E-state index contributed by atoms with van der Waals surface area (Å²) < 4.78 is 33.0. The molecule has 0 bridgehead atoms. The summed E-state index contributed by atoms with van der Waals surface area (Å²) in [4.78, 5) is 24.9. The lowest BCUT2D eigenvalue weighted by Crippen LogP contribution is -2.38. The maximum atomic E-state index is 13.5. The summed E-state index contributed by atoms with van der Waals surface area (Å²) in [5.41, 5.74) is 2.45. The molecule has 9 heteroatoms. The largest absolute Gasteiger partial charge is 0.462 e. The molecule has 3 rings (SSSR count). The third kappa shape index (κ3) is 5.76. The number of benzene rings is 3. The zero-order valence-corrected chi connectivity index (χ0v) is 20.6. The fourth-order valence-corrected chi connectivity index (χ4v) is 5.01. The number of carbonyl (C=O) groups is 2. The molecule has 0 heterocycles. The van der Waals surface area contributed by atoms with E-state index in [-0.39, 0.29) is 27.8 Å². The fourth-order valence-electron chi connectivity index (χ4n) is 3.29. The summed E-state index contributed by atoms with van der Waals surface area (Å²) >= 11 is 6.25. The monoisotopic (exact) mass is 500 g/mol. The topological polar surface area (TPSA) is 92.8 Å². The van der Waals surface area contributed by atoms with E-state index in [1.807, 2.05) is 13.0 Å². The van der Waals surface area contributed by atoms with Crippen LogP contribution < -0.4 is 9.62 Å². The van der Waals surface area contributed by atoms with E-state index in [1.54, 1.807) is 44.2 Å². The first-order valence-corrected chi connectivity index (χ1v) is 12.4. The van der Waals surface area contributed by atoms with Crippen molar-refractivity contribution in [2.24, 2.45) is 0 Å². The Bertz CT molecular complexity index is 1310. The van der Waals surface area contributed by atoms with Gasteiger partial charge in [-0.25, -0.2) is 13.2 Å². The number of halogens is 1. The number of aryl methyl sites for hydroxylation is 2. The van der Waals surface area contributed by atoms with Gasteiger partial charge in [-0.15, -0.1) is 0 Å². The van der Waals surface area contributed by atoms with Crippen molar-refractivity contribution in [1.82, 2.24) is 0 Å². The smallest absolute Gasteiger partial charge is 0.338 e. The van der Waals surface area contributed by atoms with Gasteiger partial charge in [-0.05, 0) is 68.3 Å². The second-order valence-electron chi connectivity index (χ2n) is 7.58. The summed E-state index contributed by atoms with van der Waals surface area (Å²) in [7, 11) is -4.04. The highest BCUT2D eigenvalue weighted by Crippen LogP contribution is 2.29. The number of nitrogens with one attached hydrogen (secondary N) is 1. The number of hydrogen-bond acceptors (Lipinski definition) is 5. The SMILES string of the molecule is CCOC(=O)c1ccc(NC(=O)CN(c2cc(C)ccc2C)S(=O)(=O)c2ccccc2)c(Cl)c1. The molecule has 0 aliphatic rings. The number of sulfonamides is 1. The van der Waals surface area contributed by atoms with Crippen molar-refractivity contribution in [3.05, 3.63) is 88.4 Å². The summed E-state index contributed by atoms with van der Waals surface area (Å²) in [6, 6.07) is 17.7. The molecule has 3 aromatic rings. The minimum absolute atomic E-state index is 0.0699. The van der Waals surface area contributed by atoms with Gasteiger partial charge in [-0.1, -0.05) is 41.9 Å². The Morgan fingerprint density at radius 1 is 1.00 bits per heavy atom. The lowest BCUT2D eigenvalue weighted by atomic mass is 10.1. The van der Waals surface area contributed by atoms with Gasteiger partial charge >= 0.3 is 5.97 Å². The van der Waals surface area contributed by atoms with E-state index in [1.165, 1.54) is 30.3 Å². The van der Waals surface area contributed by atoms with Gasteiger partial charge in [0, 0.05) is 0 Å². The average molecular weight is 501 g/mol. The van der Waals surface area contributed by atoms with Crippen molar-refractivity contribution in [2.75, 3.05) is 22.8 Å². The molecule has 0 unspecified atom stereocenters. The first-order valence-electron chi connectivity index (χ1n) is 10.5. The number of hydrogen-bond donors (Lipinski definition) is 1. The Hall–Kier alpha value is -3.36. The van der Waals surface area contributed by atoms with Crippen LogP contribution in [0.25, 0.3) is 0 Å². The summed E-state index contributed by atoms with van der Waals surface area (Å²) in [6.45, 7) is 5.07. The van der Waals surface area contributed by atoms with Crippen LogP contribution in [0.2, 0.25) is 5.02 Å². The van der Waals surface area contributed by atoms with Crippen LogP contribution in [0.4, 0.5) is 11.4 Å². The van der Waals surface area contributed by atoms with Crippen LogP contribution >= 0.6 is 11.6 Å². The van der Waals surface area contributed by atoms with Gasteiger partial charge in [0.1, 0.15) is 6.54 Å². The first kappa shape index (κ1) is 25.3. The molecule has 178 valence electrons. The van der Waals surface area contributed by atoms with Crippen molar-refractivity contribution in [3.63, 3.8) is 0 Å². The molecular weight excluding hydrogens is 476 g/mol. The quantitative estimate of drug-likeness (QED) is 0.441. The second-order valence-corrected chi connectivity index (χ2v) is 9.85. The lowest BCUT2D eigenvalue weighted by Gasteiger charge is -2.26. The zero-order chi connectivity index (χ0) is 24.9. The van der Waals surface area contributed by atoms with Crippen LogP contribution in [0.1, 0.15) is 28.4 Å². The van der Waals surface area contributed by atoms with Crippen LogP contribution in [0.3, 0.4) is 0 Å². The number of esters is 1. The third-order valence-corrected chi connectivity index (χ3v) is 7.09. The standard InChI is InChI=1S/C25H25ClN2O5S/c1-4-33-25(30)19-12-13-22(21(26)15-19)27-24(29)16-28(23-14-17(2)10-11-18(23)3)34(31,32)20-8-6-5-7-9-20/h5-15H,4,16H2,1-3H3,(H,27,29). The van der Waals surface area contributed by atoms with Crippen molar-refractivity contribution in [1.29, 1.82) is 0 Å². The minimum atomic E-state index is -4.04. The maximum Gasteiger partial charge on any atom is 0.338 e. The Morgan fingerprint density at radius 3 is 2.35 bits per heavy atom. The molecule has 1 N–H and O–H groups in total. The molecule has 0 fully saturated rings. The van der Waals surface area contributed by atoms with E-state index in [4.69, 9.17) is 16.3 Å². The van der Waals surface area contributed by atoms with Gasteiger partial charge in [0.25, 0.3) is 10.0 Å². The third-order valence-electron chi connectivity index (χ3n) is 5.01.